The Morgan fingerprint density at radius 2 is 1.61 bits per heavy atom. The summed E-state index contributed by atoms with van der Waals surface area (Å²) < 4.78 is 37.7. The van der Waals surface area contributed by atoms with Crippen LogP contribution in [-0.2, 0) is 4.74 Å². The first kappa shape index (κ1) is 22.7. The molecule has 1 N–H and O–H groups in total. The number of amides is 1. The van der Waals surface area contributed by atoms with Gasteiger partial charge >= 0.3 is 0 Å². The first-order chi connectivity index (χ1) is 18.5. The molecule has 1 fully saturated rings. The number of nitrogens with zero attached hydrogens (tertiary/aromatic N) is 3. The van der Waals surface area contributed by atoms with Crippen LogP contribution >= 0.6 is 0 Å². The molecule has 3 aromatic carbocycles. The van der Waals surface area contributed by atoms with E-state index in [0.717, 1.165) is 22.8 Å². The van der Waals surface area contributed by atoms with Gasteiger partial charge in [-0.2, -0.15) is 0 Å². The molecule has 7 rings (SSSR count). The molecule has 1 saturated heterocycles. The van der Waals surface area contributed by atoms with Crippen LogP contribution in [-0.4, -0.2) is 46.5 Å². The highest BCUT2D eigenvalue weighted by Gasteiger charge is 2.46. The Morgan fingerprint density at radius 3 is 2.42 bits per heavy atom. The van der Waals surface area contributed by atoms with E-state index in [1.165, 1.54) is 16.9 Å². The van der Waals surface area contributed by atoms with E-state index >= 15 is 4.39 Å². The Balaban J connectivity index is 1.60. The van der Waals surface area contributed by atoms with E-state index in [2.05, 4.69) is 0 Å². The van der Waals surface area contributed by atoms with Gasteiger partial charge in [0.1, 0.15) is 6.17 Å². The van der Waals surface area contributed by atoms with Crippen LogP contribution in [0, 0.1) is 11.6 Å². The van der Waals surface area contributed by atoms with Crippen LogP contribution in [0.2, 0.25) is 0 Å². The van der Waals surface area contributed by atoms with Gasteiger partial charge in [-0.15, -0.1) is 0 Å². The van der Waals surface area contributed by atoms with Crippen molar-refractivity contribution in [3.63, 3.8) is 0 Å². The van der Waals surface area contributed by atoms with E-state index in [0.29, 0.717) is 11.1 Å². The molecule has 0 bridgehead atoms. The van der Waals surface area contributed by atoms with E-state index < -0.39 is 40.9 Å². The normalized spacial score (nSPS) is 19.6. The lowest BCUT2D eigenvalue weighted by atomic mass is 9.92. The number of hydrogen-bond acceptors (Lipinski definition) is 5. The number of ether oxygens (including phenoxy) is 1. The zero-order chi connectivity index (χ0) is 26.1. The van der Waals surface area contributed by atoms with Crippen molar-refractivity contribution in [3.05, 3.63) is 112 Å². The van der Waals surface area contributed by atoms with Gasteiger partial charge in [0.25, 0.3) is 5.91 Å². The minimum absolute atomic E-state index is 0.119. The minimum atomic E-state index is -0.972. The average Bonchev–Trinajstić information content (AvgIpc) is 3.06. The third-order valence-electron chi connectivity index (χ3n) is 7.60. The third-order valence-corrected chi connectivity index (χ3v) is 7.60. The summed E-state index contributed by atoms with van der Waals surface area (Å²) in [4.78, 5) is 27.5. The average molecular weight is 514 g/mol. The third kappa shape index (κ3) is 3.02. The maximum atomic E-state index is 15.7. The fourth-order valence-electron chi connectivity index (χ4n) is 5.97. The predicted octanol–water partition coefficient (Wildman–Crippen LogP) is 4.02. The highest BCUT2D eigenvalue weighted by atomic mass is 19.2. The molecule has 1 amide bonds. The molecule has 190 valence electrons. The summed E-state index contributed by atoms with van der Waals surface area (Å²) in [7, 11) is 0. The molecule has 0 radical (unpaired) electrons. The van der Waals surface area contributed by atoms with Crippen molar-refractivity contribution in [3.8, 4) is 28.0 Å². The van der Waals surface area contributed by atoms with Crippen LogP contribution < -0.4 is 10.4 Å². The molecule has 7 nitrogen and oxygen atoms in total. The van der Waals surface area contributed by atoms with Crippen molar-refractivity contribution in [2.45, 2.75) is 12.2 Å². The molecule has 38 heavy (non-hydrogen) atoms. The first-order valence-electron chi connectivity index (χ1n) is 12.3. The number of aromatic hydroxyl groups is 1. The van der Waals surface area contributed by atoms with Gasteiger partial charge in [-0.1, -0.05) is 54.6 Å². The smallest absolute Gasteiger partial charge is 0.278 e. The van der Waals surface area contributed by atoms with Crippen molar-refractivity contribution >= 4 is 5.91 Å². The lowest BCUT2D eigenvalue weighted by molar-refractivity contribution is -0.0196. The fraction of sp³-hybridized carbons (Fsp3) is 0.172. The first-order valence-corrected chi connectivity index (χ1v) is 12.3. The molecule has 4 aromatic rings. The largest absolute Gasteiger partial charge is 0.502 e. The van der Waals surface area contributed by atoms with Gasteiger partial charge in [0.2, 0.25) is 5.43 Å². The molecular weight excluding hydrogens is 492 g/mol. The van der Waals surface area contributed by atoms with Gasteiger partial charge in [0.05, 0.1) is 19.3 Å². The number of fused-ring (bicyclic) bond motifs is 7. The van der Waals surface area contributed by atoms with Crippen molar-refractivity contribution in [1.29, 1.82) is 0 Å². The number of halogens is 2. The summed E-state index contributed by atoms with van der Waals surface area (Å²) in [6.07, 6.45) is 0.785. The van der Waals surface area contributed by atoms with E-state index in [1.54, 1.807) is 23.1 Å². The number of benzene rings is 3. The fourth-order valence-corrected chi connectivity index (χ4v) is 5.97. The second-order valence-corrected chi connectivity index (χ2v) is 9.52. The van der Waals surface area contributed by atoms with E-state index in [9.17, 15) is 19.1 Å². The topological polar surface area (TPSA) is 75.0 Å². The quantitative estimate of drug-likeness (QED) is 0.416. The van der Waals surface area contributed by atoms with Crippen LogP contribution in [0.3, 0.4) is 0 Å². The minimum Gasteiger partial charge on any atom is -0.502 e. The van der Waals surface area contributed by atoms with E-state index in [4.69, 9.17) is 4.74 Å². The number of rotatable bonds is 1. The number of carbonyl (C=O) groups is 1. The Hall–Kier alpha value is -4.50. The summed E-state index contributed by atoms with van der Waals surface area (Å²) in [6.45, 7) is 0.668. The van der Waals surface area contributed by atoms with Crippen molar-refractivity contribution < 1.29 is 23.4 Å². The maximum Gasteiger partial charge on any atom is 0.278 e. The Kier molecular flexibility index (Phi) is 4.93. The lowest BCUT2D eigenvalue weighted by Gasteiger charge is -2.51. The number of morpholine rings is 1. The van der Waals surface area contributed by atoms with Crippen LogP contribution in [0.4, 0.5) is 8.78 Å². The Bertz CT molecular complexity index is 1700. The van der Waals surface area contributed by atoms with Gasteiger partial charge in [-0.3, -0.25) is 19.3 Å². The molecule has 2 atom stereocenters. The van der Waals surface area contributed by atoms with Gasteiger partial charge in [-0.05, 0) is 33.9 Å². The Labute approximate surface area is 215 Å². The number of carbonyl (C=O) groups excluding carboxylic acids is 1. The molecule has 2 aliphatic heterocycles. The molecule has 0 saturated carbocycles. The van der Waals surface area contributed by atoms with Crippen LogP contribution in [0.5, 0.6) is 5.75 Å². The standard InChI is InChI=1S/C29H21F2N3O4/c30-21-10-9-20-24(25(21)31)18-7-3-1-5-16(18)17-6-2-4-8-19(17)26(20)34-23-15-38-14-13-32(23)29(37)27-28(36)22(35)11-12-33(27)34/h1-12,23,26,36H,13-15H2/t23-,26-/m1/s1. The van der Waals surface area contributed by atoms with Crippen molar-refractivity contribution in [2.24, 2.45) is 0 Å². The number of hydrogen-bond donors (Lipinski definition) is 1. The second kappa shape index (κ2) is 8.26. The van der Waals surface area contributed by atoms with Crippen LogP contribution in [0.15, 0.2) is 77.7 Å². The summed E-state index contributed by atoms with van der Waals surface area (Å²) in [5.41, 5.74) is 2.62. The predicted molar refractivity (Wildman–Crippen MR) is 135 cm³/mol. The Morgan fingerprint density at radius 1 is 0.868 bits per heavy atom. The maximum absolute atomic E-state index is 15.7. The summed E-state index contributed by atoms with van der Waals surface area (Å²) in [5, 5.41) is 12.6. The molecule has 0 unspecified atom stereocenters. The number of aromatic nitrogens is 1. The van der Waals surface area contributed by atoms with E-state index in [-0.39, 0.29) is 31.0 Å². The monoisotopic (exact) mass is 513 g/mol. The SMILES string of the molecule is O=C1c2c(O)c(=O)ccn2N([C@@H]2c3ccccc3-c3ccccc3-c3c2ccc(F)c3F)[C@@H]2COCCN12. The molecule has 1 aromatic heterocycles. The molecular formula is C29H21F2N3O4. The molecule has 9 heteroatoms. The molecule has 3 aliphatic rings. The van der Waals surface area contributed by atoms with Crippen LogP contribution in [0.1, 0.15) is 27.7 Å². The highest BCUT2D eigenvalue weighted by Crippen LogP contribution is 2.49. The lowest BCUT2D eigenvalue weighted by Crippen LogP contribution is -2.66. The summed E-state index contributed by atoms with van der Waals surface area (Å²) >= 11 is 0. The number of pyridine rings is 1. The van der Waals surface area contributed by atoms with Gasteiger partial charge in [-0.25, -0.2) is 8.78 Å². The van der Waals surface area contributed by atoms with Gasteiger partial charge < -0.3 is 14.7 Å². The highest BCUT2D eigenvalue weighted by molar-refractivity contribution is 5.97. The van der Waals surface area contributed by atoms with Crippen molar-refractivity contribution in [1.82, 2.24) is 9.58 Å². The van der Waals surface area contributed by atoms with Crippen molar-refractivity contribution in [2.75, 3.05) is 24.8 Å². The van der Waals surface area contributed by atoms with Gasteiger partial charge in [0.15, 0.2) is 23.1 Å². The molecule has 1 aliphatic carbocycles. The van der Waals surface area contributed by atoms with E-state index in [1.807, 2.05) is 41.4 Å². The molecule has 0 spiro atoms. The van der Waals surface area contributed by atoms with Crippen LogP contribution in [0.25, 0.3) is 22.3 Å². The zero-order valence-electron chi connectivity index (χ0n) is 20.0. The second-order valence-electron chi connectivity index (χ2n) is 9.52. The van der Waals surface area contributed by atoms with Gasteiger partial charge in [0, 0.05) is 24.4 Å². The summed E-state index contributed by atoms with van der Waals surface area (Å²) in [6, 6.07) is 18.0. The zero-order valence-corrected chi connectivity index (χ0v) is 20.0. The summed E-state index contributed by atoms with van der Waals surface area (Å²) in [5.74, 6) is -3.11. The molecule has 3 heterocycles.